The first-order valence-corrected chi connectivity index (χ1v) is 12.6. The van der Waals surface area contributed by atoms with Crippen molar-refractivity contribution in [2.75, 3.05) is 5.32 Å². The van der Waals surface area contributed by atoms with Crippen LogP contribution in [0, 0.1) is 11.6 Å². The maximum Gasteiger partial charge on any atom is 0.255 e. The highest BCUT2D eigenvalue weighted by atomic mass is 19.1. The van der Waals surface area contributed by atoms with Crippen LogP contribution in [-0.2, 0) is 0 Å². The van der Waals surface area contributed by atoms with Gasteiger partial charge in [-0.1, -0.05) is 30.3 Å². The third-order valence-electron chi connectivity index (χ3n) is 6.75. The zero-order valence-electron chi connectivity index (χ0n) is 21.2. The number of benzene rings is 3. The molecule has 3 N–H and O–H groups in total. The van der Waals surface area contributed by atoms with E-state index in [-0.39, 0.29) is 17.2 Å². The van der Waals surface area contributed by atoms with Crippen molar-refractivity contribution in [3.63, 3.8) is 0 Å². The van der Waals surface area contributed by atoms with Gasteiger partial charge in [-0.25, -0.2) is 18.7 Å². The molecular weight excluding hydrogens is 524 g/mol. The van der Waals surface area contributed by atoms with Gasteiger partial charge >= 0.3 is 0 Å². The lowest BCUT2D eigenvalue weighted by Crippen LogP contribution is -2.11. The largest absolute Gasteiger partial charge is 0.321 e. The molecular formula is C31H19F2N7O. The Bertz CT molecular complexity index is 2070. The number of rotatable bonds is 5. The lowest BCUT2D eigenvalue weighted by Gasteiger charge is -2.08. The van der Waals surface area contributed by atoms with E-state index in [2.05, 4.69) is 30.5 Å². The Morgan fingerprint density at radius 1 is 0.854 bits per heavy atom. The molecule has 4 aromatic heterocycles. The van der Waals surface area contributed by atoms with Gasteiger partial charge in [0.2, 0.25) is 0 Å². The van der Waals surface area contributed by atoms with Gasteiger partial charge in [-0.2, -0.15) is 5.10 Å². The molecule has 0 bridgehead atoms. The van der Waals surface area contributed by atoms with Crippen LogP contribution >= 0.6 is 0 Å². The van der Waals surface area contributed by atoms with Crippen molar-refractivity contribution in [3.8, 4) is 33.8 Å². The van der Waals surface area contributed by atoms with Gasteiger partial charge in [0.1, 0.15) is 28.4 Å². The molecule has 8 nitrogen and oxygen atoms in total. The minimum Gasteiger partial charge on any atom is -0.321 e. The topological polar surface area (TPSA) is 112 Å². The van der Waals surface area contributed by atoms with Crippen LogP contribution in [0.4, 0.5) is 14.5 Å². The summed E-state index contributed by atoms with van der Waals surface area (Å²) in [7, 11) is 0. The lowest BCUT2D eigenvalue weighted by molar-refractivity contribution is 0.102. The fraction of sp³-hybridized carbons (Fsp3) is 0. The first-order chi connectivity index (χ1) is 20.0. The molecule has 10 heteroatoms. The molecule has 0 saturated heterocycles. The summed E-state index contributed by atoms with van der Waals surface area (Å²) >= 11 is 0. The van der Waals surface area contributed by atoms with E-state index in [0.717, 1.165) is 11.1 Å². The van der Waals surface area contributed by atoms with Crippen LogP contribution in [0.3, 0.4) is 0 Å². The molecule has 0 fully saturated rings. The number of amides is 1. The average Bonchev–Trinajstić information content (AvgIpc) is 3.63. The fourth-order valence-corrected chi connectivity index (χ4v) is 4.77. The minimum absolute atomic E-state index is 0.220. The van der Waals surface area contributed by atoms with Gasteiger partial charge in [-0.15, -0.1) is 0 Å². The molecule has 0 aliphatic rings. The van der Waals surface area contributed by atoms with Crippen LogP contribution in [0.5, 0.6) is 0 Å². The predicted molar refractivity (Wildman–Crippen MR) is 152 cm³/mol. The number of aromatic amines is 2. The summed E-state index contributed by atoms with van der Waals surface area (Å²) in [6.45, 7) is 0. The van der Waals surface area contributed by atoms with Crippen molar-refractivity contribution in [1.82, 2.24) is 30.1 Å². The van der Waals surface area contributed by atoms with Gasteiger partial charge in [0.25, 0.3) is 5.91 Å². The van der Waals surface area contributed by atoms with E-state index in [1.165, 1.54) is 24.4 Å². The summed E-state index contributed by atoms with van der Waals surface area (Å²) in [5.74, 6) is -0.716. The number of anilines is 1. The SMILES string of the molecule is O=C(Nc1cncc(-c2cc(F)c3[nH]nc(-c4nc5c(-c6ccc(F)cc6)ccnc5[nH]4)c3c2)c1)c1ccccc1. The van der Waals surface area contributed by atoms with Crippen LogP contribution in [0.2, 0.25) is 0 Å². The third kappa shape index (κ3) is 4.47. The average molecular weight is 544 g/mol. The number of imidazole rings is 1. The summed E-state index contributed by atoms with van der Waals surface area (Å²) < 4.78 is 28.8. The van der Waals surface area contributed by atoms with Gasteiger partial charge in [0.05, 0.1) is 11.9 Å². The van der Waals surface area contributed by atoms with E-state index in [1.807, 2.05) is 6.07 Å². The Kier molecular flexibility index (Phi) is 5.78. The summed E-state index contributed by atoms with van der Waals surface area (Å²) in [6.07, 6.45) is 4.77. The number of pyridine rings is 2. The van der Waals surface area contributed by atoms with Crippen molar-refractivity contribution in [2.45, 2.75) is 0 Å². The van der Waals surface area contributed by atoms with Crippen LogP contribution < -0.4 is 5.32 Å². The Morgan fingerprint density at radius 3 is 2.51 bits per heavy atom. The van der Waals surface area contributed by atoms with Crippen LogP contribution in [-0.4, -0.2) is 36.0 Å². The molecule has 0 aliphatic carbocycles. The fourth-order valence-electron chi connectivity index (χ4n) is 4.77. The standard InChI is InChI=1S/C31H19F2N7O/c32-21-8-6-17(7-9-21)23-10-11-35-29-27(23)37-30(38-29)28-24-13-19(14-25(33)26(24)39-40-28)20-12-22(16-34-15-20)36-31(41)18-4-2-1-3-5-18/h1-16H,(H,36,41)(H,39,40)(H,35,37,38). The number of hydrogen-bond acceptors (Lipinski definition) is 5. The Morgan fingerprint density at radius 2 is 1.68 bits per heavy atom. The zero-order chi connectivity index (χ0) is 27.9. The number of fused-ring (bicyclic) bond motifs is 2. The second kappa shape index (κ2) is 9.76. The van der Waals surface area contributed by atoms with Crippen LogP contribution in [0.1, 0.15) is 10.4 Å². The molecule has 0 radical (unpaired) electrons. The number of carbonyl (C=O) groups is 1. The van der Waals surface area contributed by atoms with Crippen LogP contribution in [0.15, 0.2) is 97.5 Å². The van der Waals surface area contributed by atoms with Crippen molar-refractivity contribution < 1.29 is 13.6 Å². The second-order valence-corrected chi connectivity index (χ2v) is 9.38. The van der Waals surface area contributed by atoms with Crippen molar-refractivity contribution in [1.29, 1.82) is 0 Å². The van der Waals surface area contributed by atoms with Crippen LogP contribution in [0.25, 0.3) is 55.8 Å². The van der Waals surface area contributed by atoms with E-state index in [9.17, 15) is 9.18 Å². The molecule has 7 rings (SSSR count). The molecule has 0 atom stereocenters. The van der Waals surface area contributed by atoms with Crippen molar-refractivity contribution in [2.24, 2.45) is 0 Å². The quantitative estimate of drug-likeness (QED) is 0.222. The summed E-state index contributed by atoms with van der Waals surface area (Å²) in [4.78, 5) is 29.2. The molecule has 0 unspecified atom stereocenters. The van der Waals surface area contributed by atoms with E-state index >= 15 is 4.39 Å². The minimum atomic E-state index is -0.504. The van der Waals surface area contributed by atoms with Gasteiger partial charge in [-0.3, -0.25) is 14.9 Å². The van der Waals surface area contributed by atoms with E-state index in [0.29, 0.717) is 50.4 Å². The van der Waals surface area contributed by atoms with E-state index in [1.54, 1.807) is 67.0 Å². The Balaban J connectivity index is 1.27. The number of nitrogens with zero attached hydrogens (tertiary/aromatic N) is 4. The molecule has 41 heavy (non-hydrogen) atoms. The summed E-state index contributed by atoms with van der Waals surface area (Å²) in [6, 6.07) is 21.7. The maximum atomic E-state index is 15.3. The highest BCUT2D eigenvalue weighted by Gasteiger charge is 2.19. The van der Waals surface area contributed by atoms with Gasteiger partial charge in [0, 0.05) is 34.5 Å². The summed E-state index contributed by atoms with van der Waals surface area (Å²) in [5, 5.41) is 10.5. The maximum absolute atomic E-state index is 15.3. The number of hydrogen-bond donors (Lipinski definition) is 3. The summed E-state index contributed by atoms with van der Waals surface area (Å²) in [5.41, 5.74) is 5.40. The van der Waals surface area contributed by atoms with Crippen molar-refractivity contribution >= 4 is 33.7 Å². The Hall–Kier alpha value is -5.77. The molecule has 7 aromatic rings. The molecule has 4 heterocycles. The first kappa shape index (κ1) is 24.3. The van der Waals surface area contributed by atoms with E-state index in [4.69, 9.17) is 4.98 Å². The number of aromatic nitrogens is 6. The number of nitrogens with one attached hydrogen (secondary N) is 3. The Labute approximate surface area is 231 Å². The number of H-pyrrole nitrogens is 2. The normalized spacial score (nSPS) is 11.3. The second-order valence-electron chi connectivity index (χ2n) is 9.38. The third-order valence-corrected chi connectivity index (χ3v) is 6.75. The smallest absolute Gasteiger partial charge is 0.255 e. The molecule has 0 spiro atoms. The first-order valence-electron chi connectivity index (χ1n) is 12.6. The molecule has 198 valence electrons. The highest BCUT2D eigenvalue weighted by molar-refractivity contribution is 6.04. The molecule has 1 amide bonds. The van der Waals surface area contributed by atoms with Gasteiger partial charge < -0.3 is 10.3 Å². The van der Waals surface area contributed by atoms with E-state index < -0.39 is 5.82 Å². The molecule has 3 aromatic carbocycles. The number of carbonyl (C=O) groups excluding carboxylic acids is 1. The monoisotopic (exact) mass is 543 g/mol. The molecule has 0 aliphatic heterocycles. The number of halogens is 2. The lowest BCUT2D eigenvalue weighted by atomic mass is 10.0. The predicted octanol–water partition coefficient (Wildman–Crippen LogP) is 6.76. The van der Waals surface area contributed by atoms with Crippen molar-refractivity contribution in [3.05, 3.63) is 115 Å². The zero-order valence-corrected chi connectivity index (χ0v) is 21.2. The highest BCUT2D eigenvalue weighted by Crippen LogP contribution is 2.34. The molecule has 0 saturated carbocycles. The van der Waals surface area contributed by atoms with Gasteiger partial charge in [0.15, 0.2) is 11.5 Å². The van der Waals surface area contributed by atoms with Gasteiger partial charge in [-0.05, 0) is 59.7 Å².